The van der Waals surface area contributed by atoms with Gasteiger partial charge in [-0.1, -0.05) is 353 Å². The Labute approximate surface area is 487 Å². The molecule has 460 valence electrons. The molecule has 0 N–H and O–H groups in total. The molecule has 0 saturated carbocycles. The molecule has 0 radical (unpaired) electrons. The van der Waals surface area contributed by atoms with E-state index in [2.05, 4.69) is 45.1 Å². The highest BCUT2D eigenvalue weighted by atomic mass is 16.6. The van der Waals surface area contributed by atoms with Crippen molar-refractivity contribution in [2.24, 2.45) is 0 Å². The van der Waals surface area contributed by atoms with Gasteiger partial charge in [0, 0.05) is 19.3 Å². The second-order valence-electron chi connectivity index (χ2n) is 24.2. The van der Waals surface area contributed by atoms with Crippen LogP contribution in [-0.4, -0.2) is 37.2 Å². The standard InChI is InChI=1S/C72H136O6/c1-4-7-10-13-16-19-22-25-28-31-33-35-36-37-38-40-41-44-47-50-53-56-59-62-65-71(74)77-68-69(67-76-70(73)64-61-58-55-52-49-46-43-30-27-24-21-18-15-12-9-6-3)78-72(75)66-63-60-57-54-51-48-45-42-39-34-32-29-26-23-20-17-14-11-8-5-2/h21,24,30,43,69H,4-20,22-23,25-29,31-42,44-68H2,1-3H3/b24-21-,43-30-. The van der Waals surface area contributed by atoms with Crippen molar-refractivity contribution in [1.29, 1.82) is 0 Å². The minimum atomic E-state index is -0.774. The van der Waals surface area contributed by atoms with Crippen molar-refractivity contribution < 1.29 is 28.6 Å². The summed E-state index contributed by atoms with van der Waals surface area (Å²) in [5.41, 5.74) is 0. The number of hydrogen-bond acceptors (Lipinski definition) is 6. The fraction of sp³-hybridized carbons (Fsp3) is 0.903. The van der Waals surface area contributed by atoms with Crippen LogP contribution >= 0.6 is 0 Å². The molecule has 0 aliphatic rings. The smallest absolute Gasteiger partial charge is 0.306 e. The molecule has 0 saturated heterocycles. The number of carbonyl (C=O) groups excluding carboxylic acids is 3. The lowest BCUT2D eigenvalue weighted by molar-refractivity contribution is -0.167. The van der Waals surface area contributed by atoms with Gasteiger partial charge in [-0.15, -0.1) is 0 Å². The molecule has 0 aromatic rings. The summed E-state index contributed by atoms with van der Waals surface area (Å²) in [4.78, 5) is 38.4. The number of rotatable bonds is 66. The van der Waals surface area contributed by atoms with E-state index in [0.29, 0.717) is 19.3 Å². The van der Waals surface area contributed by atoms with E-state index in [1.807, 2.05) is 0 Å². The van der Waals surface area contributed by atoms with Gasteiger partial charge in [-0.3, -0.25) is 14.4 Å². The molecule has 0 bridgehead atoms. The quantitative estimate of drug-likeness (QED) is 0.0261. The Morgan fingerprint density at radius 1 is 0.256 bits per heavy atom. The van der Waals surface area contributed by atoms with E-state index in [9.17, 15) is 14.4 Å². The Kier molecular flexibility index (Phi) is 65.6. The summed E-state index contributed by atoms with van der Waals surface area (Å²) >= 11 is 0. The molecular weight excluding hydrogens is 961 g/mol. The van der Waals surface area contributed by atoms with Gasteiger partial charge in [-0.2, -0.15) is 0 Å². The normalized spacial score (nSPS) is 12.1. The van der Waals surface area contributed by atoms with Crippen molar-refractivity contribution in [3.8, 4) is 0 Å². The lowest BCUT2D eigenvalue weighted by Crippen LogP contribution is -2.30. The summed E-state index contributed by atoms with van der Waals surface area (Å²) in [6.45, 7) is 6.70. The third kappa shape index (κ3) is 64.7. The zero-order valence-corrected chi connectivity index (χ0v) is 53.0. The van der Waals surface area contributed by atoms with Crippen LogP contribution in [0.4, 0.5) is 0 Å². The summed E-state index contributed by atoms with van der Waals surface area (Å²) < 4.78 is 17.0. The molecule has 0 fully saturated rings. The second-order valence-corrected chi connectivity index (χ2v) is 24.2. The van der Waals surface area contributed by atoms with Crippen molar-refractivity contribution in [3.05, 3.63) is 24.3 Å². The fourth-order valence-corrected chi connectivity index (χ4v) is 10.9. The minimum Gasteiger partial charge on any atom is -0.462 e. The maximum absolute atomic E-state index is 13.0. The zero-order chi connectivity index (χ0) is 56.4. The van der Waals surface area contributed by atoms with Crippen LogP contribution in [0, 0.1) is 0 Å². The molecule has 6 heteroatoms. The van der Waals surface area contributed by atoms with E-state index in [1.165, 1.54) is 283 Å². The summed E-state index contributed by atoms with van der Waals surface area (Å²) in [7, 11) is 0. The first-order chi connectivity index (χ1) is 38.5. The van der Waals surface area contributed by atoms with Gasteiger partial charge in [-0.05, 0) is 51.4 Å². The Morgan fingerprint density at radius 3 is 0.718 bits per heavy atom. The highest BCUT2D eigenvalue weighted by Gasteiger charge is 2.19. The lowest BCUT2D eigenvalue weighted by atomic mass is 10.0. The van der Waals surface area contributed by atoms with Gasteiger partial charge in [0.15, 0.2) is 6.10 Å². The Bertz CT molecular complexity index is 1260. The summed E-state index contributed by atoms with van der Waals surface area (Å²) in [5.74, 6) is -0.850. The van der Waals surface area contributed by atoms with E-state index >= 15 is 0 Å². The van der Waals surface area contributed by atoms with Gasteiger partial charge in [0.25, 0.3) is 0 Å². The van der Waals surface area contributed by atoms with E-state index in [-0.39, 0.29) is 31.1 Å². The molecule has 0 aromatic heterocycles. The number of unbranched alkanes of at least 4 members (excludes halogenated alkanes) is 51. The van der Waals surface area contributed by atoms with Gasteiger partial charge in [-0.25, -0.2) is 0 Å². The summed E-state index contributed by atoms with van der Waals surface area (Å²) in [6, 6.07) is 0. The number of carbonyl (C=O) groups is 3. The topological polar surface area (TPSA) is 78.9 Å². The first-order valence-electron chi connectivity index (χ1n) is 35.3. The summed E-state index contributed by atoms with van der Waals surface area (Å²) in [6.07, 6.45) is 82.0. The van der Waals surface area contributed by atoms with Crippen molar-refractivity contribution in [2.45, 2.75) is 406 Å². The van der Waals surface area contributed by atoms with E-state index < -0.39 is 6.10 Å². The van der Waals surface area contributed by atoms with E-state index in [1.54, 1.807) is 0 Å². The average Bonchev–Trinajstić information content (AvgIpc) is 3.44. The Morgan fingerprint density at radius 2 is 0.462 bits per heavy atom. The van der Waals surface area contributed by atoms with E-state index in [4.69, 9.17) is 14.2 Å². The molecular formula is C72H136O6. The molecule has 1 unspecified atom stereocenters. The first kappa shape index (κ1) is 75.9. The number of allylic oxidation sites excluding steroid dienone is 4. The largest absolute Gasteiger partial charge is 0.462 e. The molecule has 0 rings (SSSR count). The molecule has 0 amide bonds. The van der Waals surface area contributed by atoms with Gasteiger partial charge in [0.05, 0.1) is 0 Å². The second kappa shape index (κ2) is 67.4. The fourth-order valence-electron chi connectivity index (χ4n) is 10.9. The van der Waals surface area contributed by atoms with Crippen LogP contribution in [0.5, 0.6) is 0 Å². The van der Waals surface area contributed by atoms with Gasteiger partial charge >= 0.3 is 17.9 Å². The molecule has 0 heterocycles. The number of esters is 3. The lowest BCUT2D eigenvalue weighted by Gasteiger charge is -2.18. The van der Waals surface area contributed by atoms with Crippen LogP contribution in [0.1, 0.15) is 400 Å². The first-order valence-corrected chi connectivity index (χ1v) is 35.3. The maximum atomic E-state index is 13.0. The molecule has 0 aliphatic heterocycles. The van der Waals surface area contributed by atoms with Gasteiger partial charge < -0.3 is 14.2 Å². The molecule has 0 aromatic carbocycles. The van der Waals surface area contributed by atoms with Crippen LogP contribution in [0.3, 0.4) is 0 Å². The van der Waals surface area contributed by atoms with Crippen LogP contribution in [0.2, 0.25) is 0 Å². The molecule has 78 heavy (non-hydrogen) atoms. The minimum absolute atomic E-state index is 0.0692. The average molecular weight is 1100 g/mol. The number of hydrogen-bond donors (Lipinski definition) is 0. The third-order valence-electron chi connectivity index (χ3n) is 16.2. The van der Waals surface area contributed by atoms with Crippen molar-refractivity contribution in [3.63, 3.8) is 0 Å². The molecule has 6 nitrogen and oxygen atoms in total. The van der Waals surface area contributed by atoms with Crippen LogP contribution in [-0.2, 0) is 28.6 Å². The summed E-state index contributed by atoms with van der Waals surface area (Å²) in [5, 5.41) is 0. The monoisotopic (exact) mass is 1100 g/mol. The van der Waals surface area contributed by atoms with E-state index in [0.717, 1.165) is 77.0 Å². The molecule has 0 spiro atoms. The van der Waals surface area contributed by atoms with Gasteiger partial charge in [0.2, 0.25) is 0 Å². The Hall–Kier alpha value is -2.11. The van der Waals surface area contributed by atoms with Crippen LogP contribution < -0.4 is 0 Å². The van der Waals surface area contributed by atoms with Crippen molar-refractivity contribution in [1.82, 2.24) is 0 Å². The predicted octanol–water partition coefficient (Wildman–Crippen LogP) is 24.2. The van der Waals surface area contributed by atoms with Crippen LogP contribution in [0.25, 0.3) is 0 Å². The number of ether oxygens (including phenoxy) is 3. The van der Waals surface area contributed by atoms with Crippen molar-refractivity contribution in [2.75, 3.05) is 13.2 Å². The Balaban J connectivity index is 4.27. The third-order valence-corrected chi connectivity index (χ3v) is 16.2. The zero-order valence-electron chi connectivity index (χ0n) is 53.0. The predicted molar refractivity (Wildman–Crippen MR) is 340 cm³/mol. The molecule has 1 atom stereocenters. The highest BCUT2D eigenvalue weighted by Crippen LogP contribution is 2.19. The molecule has 0 aliphatic carbocycles. The van der Waals surface area contributed by atoms with Crippen LogP contribution in [0.15, 0.2) is 24.3 Å². The SMILES string of the molecule is CCCCCC/C=C\C/C=C\CCCCCCCC(=O)OCC(COC(=O)CCCCCCCCCCCCCCCCCCCCCCCCCC)OC(=O)CCCCCCCCCCCCCCCCCCCCCC. The van der Waals surface area contributed by atoms with Crippen molar-refractivity contribution >= 4 is 17.9 Å². The van der Waals surface area contributed by atoms with Gasteiger partial charge in [0.1, 0.15) is 13.2 Å². The highest BCUT2D eigenvalue weighted by molar-refractivity contribution is 5.71. The maximum Gasteiger partial charge on any atom is 0.306 e.